The van der Waals surface area contributed by atoms with E-state index in [1.165, 1.54) is 24.3 Å². The minimum atomic E-state index is -1.12. The molecule has 15 heteroatoms. The summed E-state index contributed by atoms with van der Waals surface area (Å²) in [4.78, 5) is 66.7. The van der Waals surface area contributed by atoms with Crippen molar-refractivity contribution in [2.45, 2.75) is 43.8 Å². The summed E-state index contributed by atoms with van der Waals surface area (Å²) in [5.41, 5.74) is 18.5. The van der Waals surface area contributed by atoms with Crippen molar-refractivity contribution in [1.82, 2.24) is 16.0 Å². The third-order valence-electron chi connectivity index (χ3n) is 6.92. The van der Waals surface area contributed by atoms with Crippen LogP contribution in [0.4, 0.5) is 11.4 Å². The first-order valence-electron chi connectivity index (χ1n) is 14.8. The van der Waals surface area contributed by atoms with Gasteiger partial charge in [0, 0.05) is 30.8 Å². The topological polar surface area (TPSA) is 250 Å². The fourth-order valence-corrected chi connectivity index (χ4v) is 4.50. The third-order valence-corrected chi connectivity index (χ3v) is 6.92. The molecular weight excluding hydrogens is 606 g/mol. The minimum Gasteiger partial charge on any atom is -0.370 e. The van der Waals surface area contributed by atoms with E-state index >= 15 is 0 Å². The van der Waals surface area contributed by atoms with Gasteiger partial charge >= 0.3 is 0 Å². The maximum Gasteiger partial charge on any atom is 0.269 e. The highest BCUT2D eigenvalue weighted by molar-refractivity contribution is 5.98. The van der Waals surface area contributed by atoms with Gasteiger partial charge in [-0.1, -0.05) is 60.7 Å². The molecule has 0 aromatic heterocycles. The van der Waals surface area contributed by atoms with Crippen molar-refractivity contribution in [1.29, 1.82) is 0 Å². The smallest absolute Gasteiger partial charge is 0.269 e. The van der Waals surface area contributed by atoms with E-state index in [1.54, 1.807) is 30.3 Å². The number of nitro benzene ring substituents is 1. The quantitative estimate of drug-likeness (QED) is 0.0354. The molecular formula is C32H39N9O6. The molecule has 3 atom stereocenters. The van der Waals surface area contributed by atoms with E-state index in [-0.39, 0.29) is 43.1 Å². The molecule has 3 aromatic carbocycles. The Morgan fingerprint density at radius 2 is 1.36 bits per heavy atom. The van der Waals surface area contributed by atoms with Crippen molar-refractivity contribution in [2.75, 3.05) is 18.4 Å². The third kappa shape index (κ3) is 12.6. The number of hydrogen-bond acceptors (Lipinski definition) is 8. The van der Waals surface area contributed by atoms with Gasteiger partial charge in [-0.15, -0.1) is 0 Å². The number of non-ortho nitro benzene ring substituents is 1. The van der Waals surface area contributed by atoms with Crippen LogP contribution in [0.2, 0.25) is 0 Å². The Morgan fingerprint density at radius 1 is 0.766 bits per heavy atom. The predicted molar refractivity (Wildman–Crippen MR) is 177 cm³/mol. The summed E-state index contributed by atoms with van der Waals surface area (Å²) in [6.07, 6.45) is 0.814. The molecule has 0 radical (unpaired) electrons. The molecule has 3 aromatic rings. The average Bonchev–Trinajstić information content (AvgIpc) is 3.05. The zero-order valence-electron chi connectivity index (χ0n) is 25.6. The number of nitrogens with one attached hydrogen (secondary N) is 4. The molecule has 3 unspecified atom stereocenters. The molecule has 0 fully saturated rings. The van der Waals surface area contributed by atoms with E-state index < -0.39 is 53.2 Å². The lowest BCUT2D eigenvalue weighted by atomic mass is 10.0. The van der Waals surface area contributed by atoms with Crippen molar-refractivity contribution in [3.63, 3.8) is 0 Å². The van der Waals surface area contributed by atoms with Crippen molar-refractivity contribution in [2.24, 2.45) is 22.2 Å². The molecule has 0 saturated carbocycles. The van der Waals surface area contributed by atoms with E-state index in [2.05, 4.69) is 26.3 Å². The molecule has 0 saturated heterocycles. The number of nitrogens with zero attached hydrogens (tertiary/aromatic N) is 2. The van der Waals surface area contributed by atoms with Gasteiger partial charge in [0.2, 0.25) is 23.6 Å². The summed E-state index contributed by atoms with van der Waals surface area (Å²) in [5.74, 6) is -2.54. The summed E-state index contributed by atoms with van der Waals surface area (Å²) >= 11 is 0. The Morgan fingerprint density at radius 3 is 1.94 bits per heavy atom. The Labute approximate surface area is 271 Å². The standard InChI is InChI=1S/C32H39N9O6/c33-25(18-21-8-3-1-4-9-21)29(43)37-20-28(42)39-27(19-22-10-5-2-6-11-22)31(45)40-26(12-7-17-36-32(34)35)30(44)38-23-13-15-24(16-14-23)41(46)47/h1-6,8-11,13-16,25-27H,7,12,17-20,33H2,(H,37,43)(H,38,44)(H,39,42)(H,40,45)(H4,34,35,36). The first-order valence-corrected chi connectivity index (χ1v) is 14.8. The second-order valence-electron chi connectivity index (χ2n) is 10.6. The average molecular weight is 646 g/mol. The van der Waals surface area contributed by atoms with Crippen LogP contribution in [0.1, 0.15) is 24.0 Å². The number of nitro groups is 1. The molecule has 0 bridgehead atoms. The highest BCUT2D eigenvalue weighted by Gasteiger charge is 2.27. The van der Waals surface area contributed by atoms with Crippen LogP contribution >= 0.6 is 0 Å². The predicted octanol–water partition coefficient (Wildman–Crippen LogP) is 0.485. The van der Waals surface area contributed by atoms with Crippen LogP contribution in [0.25, 0.3) is 0 Å². The summed E-state index contributed by atoms with van der Waals surface area (Å²) < 4.78 is 0. The summed E-state index contributed by atoms with van der Waals surface area (Å²) in [5, 5.41) is 21.5. The molecule has 15 nitrogen and oxygen atoms in total. The molecule has 10 N–H and O–H groups in total. The number of amides is 4. The first kappa shape index (κ1) is 35.6. The normalized spacial score (nSPS) is 12.4. The van der Waals surface area contributed by atoms with Gasteiger partial charge in [-0.3, -0.25) is 34.3 Å². The summed E-state index contributed by atoms with van der Waals surface area (Å²) in [6, 6.07) is 20.2. The molecule has 4 amide bonds. The van der Waals surface area contributed by atoms with Crippen LogP contribution in [0.15, 0.2) is 89.9 Å². The van der Waals surface area contributed by atoms with E-state index in [4.69, 9.17) is 17.2 Å². The number of carbonyl (C=O) groups excluding carboxylic acids is 4. The fraction of sp³-hybridized carbons (Fsp3) is 0.281. The van der Waals surface area contributed by atoms with Gasteiger partial charge in [0.05, 0.1) is 17.5 Å². The molecule has 0 aliphatic carbocycles. The van der Waals surface area contributed by atoms with Crippen LogP contribution in [0.5, 0.6) is 0 Å². The maximum absolute atomic E-state index is 13.6. The molecule has 0 heterocycles. The van der Waals surface area contributed by atoms with Crippen LogP contribution < -0.4 is 38.5 Å². The largest absolute Gasteiger partial charge is 0.370 e. The van der Waals surface area contributed by atoms with Crippen LogP contribution in [-0.4, -0.2) is 65.7 Å². The minimum absolute atomic E-state index is 0.0879. The van der Waals surface area contributed by atoms with Crippen molar-refractivity contribution >= 4 is 41.0 Å². The second kappa shape index (κ2) is 18.2. The highest BCUT2D eigenvalue weighted by Crippen LogP contribution is 2.16. The van der Waals surface area contributed by atoms with Crippen molar-refractivity contribution in [3.05, 3.63) is 106 Å². The zero-order chi connectivity index (χ0) is 34.2. The molecule has 0 aliphatic heterocycles. The molecule has 0 spiro atoms. The number of rotatable bonds is 17. The number of aliphatic imine (C=N–C) groups is 1. The van der Waals surface area contributed by atoms with E-state index in [9.17, 15) is 29.3 Å². The van der Waals surface area contributed by atoms with Gasteiger partial charge in [0.15, 0.2) is 5.96 Å². The van der Waals surface area contributed by atoms with Gasteiger partial charge in [-0.25, -0.2) is 0 Å². The van der Waals surface area contributed by atoms with Crippen LogP contribution in [-0.2, 0) is 32.0 Å². The first-order chi connectivity index (χ1) is 22.5. The Bertz CT molecular complexity index is 1530. The van der Waals surface area contributed by atoms with E-state index in [1.807, 2.05) is 30.3 Å². The van der Waals surface area contributed by atoms with Gasteiger partial charge in [-0.2, -0.15) is 0 Å². The second-order valence-corrected chi connectivity index (χ2v) is 10.6. The molecule has 47 heavy (non-hydrogen) atoms. The highest BCUT2D eigenvalue weighted by atomic mass is 16.6. The Balaban J connectivity index is 1.70. The lowest BCUT2D eigenvalue weighted by molar-refractivity contribution is -0.384. The van der Waals surface area contributed by atoms with Gasteiger partial charge < -0.3 is 38.5 Å². The Hall–Kier alpha value is -5.83. The van der Waals surface area contributed by atoms with Crippen molar-refractivity contribution < 1.29 is 24.1 Å². The van der Waals surface area contributed by atoms with Crippen LogP contribution in [0, 0.1) is 10.1 Å². The number of anilines is 1. The lowest BCUT2D eigenvalue weighted by Crippen LogP contribution is -2.55. The SMILES string of the molecule is NC(N)=NCCCC(NC(=O)C(Cc1ccccc1)NC(=O)CNC(=O)C(N)Cc1ccccc1)C(=O)Nc1ccc([N+](=O)[O-])cc1. The summed E-state index contributed by atoms with van der Waals surface area (Å²) in [7, 11) is 0. The molecule has 0 aliphatic rings. The fourth-order valence-electron chi connectivity index (χ4n) is 4.50. The lowest BCUT2D eigenvalue weighted by Gasteiger charge is -2.23. The Kier molecular flexibility index (Phi) is 13.8. The molecule has 3 rings (SSSR count). The monoisotopic (exact) mass is 645 g/mol. The number of guanidine groups is 1. The van der Waals surface area contributed by atoms with Gasteiger partial charge in [-0.05, 0) is 42.5 Å². The van der Waals surface area contributed by atoms with E-state index in [0.29, 0.717) is 6.42 Å². The molecule has 248 valence electrons. The van der Waals surface area contributed by atoms with Crippen LogP contribution in [0.3, 0.4) is 0 Å². The zero-order valence-corrected chi connectivity index (χ0v) is 25.6. The number of nitrogens with two attached hydrogens (primary N) is 3. The maximum atomic E-state index is 13.6. The van der Waals surface area contributed by atoms with Gasteiger partial charge in [0.1, 0.15) is 12.1 Å². The number of carbonyl (C=O) groups is 4. The number of benzene rings is 3. The summed E-state index contributed by atoms with van der Waals surface area (Å²) in [6.45, 7) is -0.238. The number of hydrogen-bond donors (Lipinski definition) is 7. The van der Waals surface area contributed by atoms with Crippen molar-refractivity contribution in [3.8, 4) is 0 Å². The van der Waals surface area contributed by atoms with E-state index in [0.717, 1.165) is 11.1 Å². The van der Waals surface area contributed by atoms with Gasteiger partial charge in [0.25, 0.3) is 5.69 Å².